The summed E-state index contributed by atoms with van der Waals surface area (Å²) < 4.78 is 0. The van der Waals surface area contributed by atoms with Gasteiger partial charge in [0.05, 0.1) is 4.92 Å². The van der Waals surface area contributed by atoms with Crippen molar-refractivity contribution in [1.29, 1.82) is 0 Å². The van der Waals surface area contributed by atoms with Crippen LogP contribution >= 0.6 is 11.8 Å². The number of hydrogen-bond donors (Lipinski definition) is 1. The van der Waals surface area contributed by atoms with Crippen LogP contribution in [0.5, 0.6) is 0 Å². The first-order valence-electron chi connectivity index (χ1n) is 5.63. The van der Waals surface area contributed by atoms with E-state index in [1.165, 1.54) is 0 Å². The number of hydrogen-bond acceptors (Lipinski definition) is 4. The third-order valence-corrected chi connectivity index (χ3v) is 3.14. The van der Waals surface area contributed by atoms with Crippen molar-refractivity contribution < 1.29 is 4.92 Å². The molecule has 5 heteroatoms. The lowest BCUT2D eigenvalue weighted by Crippen LogP contribution is -2.04. The number of nitro benzene ring substituents is 1. The van der Waals surface area contributed by atoms with Crippen molar-refractivity contribution in [3.8, 4) is 0 Å². The van der Waals surface area contributed by atoms with Gasteiger partial charge in [-0.1, -0.05) is 6.07 Å². The minimum Gasteiger partial charge on any atom is -0.379 e. The molecule has 0 aromatic heterocycles. The van der Waals surface area contributed by atoms with Crippen molar-refractivity contribution >= 4 is 23.1 Å². The minimum absolute atomic E-state index is 0.153. The predicted molar refractivity (Wildman–Crippen MR) is 73.9 cm³/mol. The monoisotopic (exact) mass is 254 g/mol. The Bertz CT molecular complexity index is 383. The van der Waals surface area contributed by atoms with Gasteiger partial charge in [0.1, 0.15) is 5.69 Å². The molecule has 1 rings (SSSR count). The van der Waals surface area contributed by atoms with E-state index in [-0.39, 0.29) is 10.6 Å². The highest BCUT2D eigenvalue weighted by Gasteiger charge is 2.12. The Hall–Kier alpha value is -1.23. The van der Waals surface area contributed by atoms with Gasteiger partial charge in [-0.2, -0.15) is 11.8 Å². The fraction of sp³-hybridized carbons (Fsp3) is 0.500. The molecule has 0 radical (unpaired) electrons. The SMILES string of the molecule is CSCCCCNc1cc(C)ccc1[N+](=O)[O-]. The molecule has 0 unspecified atom stereocenters. The molecule has 0 amide bonds. The number of anilines is 1. The highest BCUT2D eigenvalue weighted by atomic mass is 32.2. The molecule has 0 fully saturated rings. The molecule has 0 atom stereocenters. The minimum atomic E-state index is -0.344. The normalized spacial score (nSPS) is 10.2. The lowest BCUT2D eigenvalue weighted by Gasteiger charge is -2.07. The van der Waals surface area contributed by atoms with Gasteiger partial charge in [-0.15, -0.1) is 0 Å². The summed E-state index contributed by atoms with van der Waals surface area (Å²) in [5.41, 5.74) is 1.81. The number of aryl methyl sites for hydroxylation is 1. The second kappa shape index (κ2) is 7.17. The molecule has 0 saturated heterocycles. The van der Waals surface area contributed by atoms with Crippen LogP contribution < -0.4 is 5.32 Å². The lowest BCUT2D eigenvalue weighted by atomic mass is 10.2. The van der Waals surface area contributed by atoms with E-state index in [0.29, 0.717) is 5.69 Å². The van der Waals surface area contributed by atoms with E-state index in [0.717, 1.165) is 30.7 Å². The van der Waals surface area contributed by atoms with Gasteiger partial charge in [-0.25, -0.2) is 0 Å². The maximum Gasteiger partial charge on any atom is 0.292 e. The van der Waals surface area contributed by atoms with E-state index in [4.69, 9.17) is 0 Å². The lowest BCUT2D eigenvalue weighted by molar-refractivity contribution is -0.384. The quantitative estimate of drug-likeness (QED) is 0.460. The molecule has 1 aromatic carbocycles. The molecule has 0 heterocycles. The molecule has 0 aliphatic heterocycles. The van der Waals surface area contributed by atoms with Crippen LogP contribution in [0.4, 0.5) is 11.4 Å². The van der Waals surface area contributed by atoms with Gasteiger partial charge < -0.3 is 5.32 Å². The molecule has 0 aliphatic rings. The summed E-state index contributed by atoms with van der Waals surface area (Å²) in [6, 6.07) is 5.14. The summed E-state index contributed by atoms with van der Waals surface area (Å²) in [6.07, 6.45) is 4.25. The van der Waals surface area contributed by atoms with Crippen LogP contribution in [-0.4, -0.2) is 23.5 Å². The number of rotatable bonds is 7. The van der Waals surface area contributed by atoms with Gasteiger partial charge in [-0.05, 0) is 43.4 Å². The molecular weight excluding hydrogens is 236 g/mol. The van der Waals surface area contributed by atoms with Crippen LogP contribution in [0.3, 0.4) is 0 Å². The van der Waals surface area contributed by atoms with Crippen molar-refractivity contribution in [1.82, 2.24) is 0 Å². The fourth-order valence-electron chi connectivity index (χ4n) is 1.55. The van der Waals surface area contributed by atoms with Crippen molar-refractivity contribution in [2.75, 3.05) is 23.9 Å². The van der Waals surface area contributed by atoms with Gasteiger partial charge in [-0.3, -0.25) is 10.1 Å². The second-order valence-corrected chi connectivity index (χ2v) is 4.89. The summed E-state index contributed by atoms with van der Waals surface area (Å²) in [4.78, 5) is 10.5. The Kier molecular flexibility index (Phi) is 5.83. The maximum absolute atomic E-state index is 10.8. The third kappa shape index (κ3) is 4.65. The van der Waals surface area contributed by atoms with Crippen LogP contribution in [0.15, 0.2) is 18.2 Å². The molecule has 1 N–H and O–H groups in total. The number of nitro groups is 1. The number of nitrogens with zero attached hydrogens (tertiary/aromatic N) is 1. The van der Waals surface area contributed by atoms with Crippen LogP contribution in [-0.2, 0) is 0 Å². The molecule has 0 saturated carbocycles. The van der Waals surface area contributed by atoms with E-state index in [2.05, 4.69) is 11.6 Å². The summed E-state index contributed by atoms with van der Waals surface area (Å²) in [6.45, 7) is 2.72. The standard InChI is InChI=1S/C12H18N2O2S/c1-10-5-6-12(14(15)16)11(9-10)13-7-3-4-8-17-2/h5-6,9,13H,3-4,7-8H2,1-2H3. The summed E-state index contributed by atoms with van der Waals surface area (Å²) in [7, 11) is 0. The van der Waals surface area contributed by atoms with E-state index in [1.54, 1.807) is 12.1 Å². The first-order valence-corrected chi connectivity index (χ1v) is 7.02. The highest BCUT2D eigenvalue weighted by molar-refractivity contribution is 7.98. The summed E-state index contributed by atoms with van der Waals surface area (Å²) in [5.74, 6) is 1.14. The van der Waals surface area contributed by atoms with Crippen molar-refractivity contribution in [2.45, 2.75) is 19.8 Å². The van der Waals surface area contributed by atoms with Crippen LogP contribution in [0.2, 0.25) is 0 Å². The van der Waals surface area contributed by atoms with Crippen molar-refractivity contribution in [3.05, 3.63) is 33.9 Å². The number of benzene rings is 1. The van der Waals surface area contributed by atoms with E-state index >= 15 is 0 Å². The van der Waals surface area contributed by atoms with Gasteiger partial charge in [0, 0.05) is 12.6 Å². The van der Waals surface area contributed by atoms with Gasteiger partial charge in [0.15, 0.2) is 0 Å². The first kappa shape index (κ1) is 13.8. The Balaban J connectivity index is 2.56. The molecule has 0 bridgehead atoms. The van der Waals surface area contributed by atoms with E-state index in [9.17, 15) is 10.1 Å². The van der Waals surface area contributed by atoms with Gasteiger partial charge >= 0.3 is 0 Å². The van der Waals surface area contributed by atoms with Gasteiger partial charge in [0.2, 0.25) is 0 Å². The zero-order chi connectivity index (χ0) is 12.7. The highest BCUT2D eigenvalue weighted by Crippen LogP contribution is 2.25. The van der Waals surface area contributed by atoms with Crippen molar-refractivity contribution in [2.24, 2.45) is 0 Å². The predicted octanol–water partition coefficient (Wildman–Crippen LogP) is 3.46. The fourth-order valence-corrected chi connectivity index (χ4v) is 2.04. The molecular formula is C12H18N2O2S. The smallest absolute Gasteiger partial charge is 0.292 e. The Morgan fingerprint density at radius 2 is 2.18 bits per heavy atom. The molecule has 17 heavy (non-hydrogen) atoms. The zero-order valence-electron chi connectivity index (χ0n) is 10.2. The molecule has 4 nitrogen and oxygen atoms in total. The summed E-state index contributed by atoms with van der Waals surface area (Å²) >= 11 is 1.82. The molecule has 1 aromatic rings. The number of thioether (sulfide) groups is 1. The average Bonchev–Trinajstić information content (AvgIpc) is 2.28. The third-order valence-electron chi connectivity index (χ3n) is 2.44. The van der Waals surface area contributed by atoms with Crippen LogP contribution in [0, 0.1) is 17.0 Å². The molecule has 0 aliphatic carbocycles. The first-order chi connectivity index (χ1) is 8.15. The number of nitrogens with one attached hydrogen (secondary N) is 1. The largest absolute Gasteiger partial charge is 0.379 e. The summed E-state index contributed by atoms with van der Waals surface area (Å²) in [5, 5.41) is 14.0. The molecule has 0 spiro atoms. The van der Waals surface area contributed by atoms with E-state index in [1.807, 2.05) is 24.8 Å². The van der Waals surface area contributed by atoms with Crippen molar-refractivity contribution in [3.63, 3.8) is 0 Å². The Morgan fingerprint density at radius 3 is 2.82 bits per heavy atom. The number of unbranched alkanes of at least 4 members (excludes halogenated alkanes) is 1. The maximum atomic E-state index is 10.8. The van der Waals surface area contributed by atoms with Crippen LogP contribution in [0.25, 0.3) is 0 Å². The zero-order valence-corrected chi connectivity index (χ0v) is 11.0. The van der Waals surface area contributed by atoms with Gasteiger partial charge in [0.25, 0.3) is 5.69 Å². The molecule has 94 valence electrons. The Labute approximate surface area is 106 Å². The Morgan fingerprint density at radius 1 is 1.41 bits per heavy atom. The van der Waals surface area contributed by atoms with E-state index < -0.39 is 0 Å². The topological polar surface area (TPSA) is 55.2 Å². The second-order valence-electron chi connectivity index (χ2n) is 3.90. The average molecular weight is 254 g/mol. The van der Waals surface area contributed by atoms with Crippen LogP contribution in [0.1, 0.15) is 18.4 Å².